The maximum Gasteiger partial charge on any atom is 0.339 e. The molecule has 0 unspecified atom stereocenters. The van der Waals surface area contributed by atoms with Gasteiger partial charge in [0.1, 0.15) is 11.1 Å². The molecule has 3 heterocycles. The number of nitrogens with one attached hydrogen (secondary N) is 1. The summed E-state index contributed by atoms with van der Waals surface area (Å²) in [6.07, 6.45) is 1.55. The third-order valence-corrected chi connectivity index (χ3v) is 5.22. The highest BCUT2D eigenvalue weighted by Gasteiger charge is 2.23. The molecule has 0 aliphatic carbocycles. The second-order valence-corrected chi connectivity index (χ2v) is 6.96. The molecule has 0 atom stereocenters. The minimum atomic E-state index is -1.14. The molecule has 0 aliphatic rings. The molecule has 29 heavy (non-hydrogen) atoms. The first-order valence-electron chi connectivity index (χ1n) is 8.80. The van der Waals surface area contributed by atoms with Gasteiger partial charge in [0.25, 0.3) is 5.91 Å². The first-order chi connectivity index (χ1) is 14.1. The first kappa shape index (κ1) is 18.7. The average Bonchev–Trinajstić information content (AvgIpc) is 3.33. The molecule has 7 nitrogen and oxygen atoms in total. The number of anilines is 1. The van der Waals surface area contributed by atoms with Gasteiger partial charge in [-0.1, -0.05) is 18.2 Å². The number of para-hydroxylation sites is 1. The number of nitrogens with zero attached hydrogens (tertiary/aromatic N) is 1. The minimum absolute atomic E-state index is 0.00502. The monoisotopic (exact) mass is 408 g/mol. The van der Waals surface area contributed by atoms with E-state index in [1.807, 2.05) is 25.1 Å². The van der Waals surface area contributed by atoms with Crippen LogP contribution in [-0.4, -0.2) is 28.6 Å². The van der Waals surface area contributed by atoms with Gasteiger partial charge in [-0.15, -0.1) is 11.3 Å². The number of benzene rings is 1. The van der Waals surface area contributed by atoms with Crippen LogP contribution < -0.4 is 10.1 Å². The maximum absolute atomic E-state index is 12.6. The number of furan rings is 1. The van der Waals surface area contributed by atoms with Gasteiger partial charge in [-0.3, -0.25) is 4.79 Å². The summed E-state index contributed by atoms with van der Waals surface area (Å²) in [5.74, 6) is -1.09. The molecule has 0 saturated heterocycles. The van der Waals surface area contributed by atoms with Gasteiger partial charge in [0.15, 0.2) is 5.76 Å². The van der Waals surface area contributed by atoms with Crippen LogP contribution >= 0.6 is 11.3 Å². The van der Waals surface area contributed by atoms with Gasteiger partial charge in [0.2, 0.25) is 5.88 Å². The van der Waals surface area contributed by atoms with E-state index in [-0.39, 0.29) is 17.0 Å². The molecule has 0 radical (unpaired) electrons. The number of carbonyl (C=O) groups excluding carboxylic acids is 1. The van der Waals surface area contributed by atoms with E-state index in [1.165, 1.54) is 11.3 Å². The number of aromatic nitrogens is 1. The molecule has 0 aliphatic heterocycles. The lowest BCUT2D eigenvalue weighted by Gasteiger charge is -2.06. The fraction of sp³-hybridized carbons (Fsp3) is 0.0952. The Morgan fingerprint density at radius 3 is 2.76 bits per heavy atom. The third kappa shape index (κ3) is 3.70. The van der Waals surface area contributed by atoms with Crippen LogP contribution in [0.25, 0.3) is 21.4 Å². The quantitative estimate of drug-likeness (QED) is 0.470. The number of amides is 1. The van der Waals surface area contributed by atoms with Crippen LogP contribution in [0.4, 0.5) is 5.69 Å². The Balaban J connectivity index is 1.64. The molecule has 2 N–H and O–H groups in total. The second kappa shape index (κ2) is 7.76. The Morgan fingerprint density at radius 2 is 2.07 bits per heavy atom. The largest absolute Gasteiger partial charge is 0.478 e. The van der Waals surface area contributed by atoms with E-state index in [2.05, 4.69) is 10.3 Å². The number of thiophene rings is 1. The van der Waals surface area contributed by atoms with Crippen molar-refractivity contribution >= 4 is 39.9 Å². The molecule has 0 fully saturated rings. The number of pyridine rings is 1. The Bertz CT molecular complexity index is 1160. The van der Waals surface area contributed by atoms with Crippen LogP contribution in [0.5, 0.6) is 5.88 Å². The van der Waals surface area contributed by atoms with Crippen molar-refractivity contribution in [1.29, 1.82) is 0 Å². The zero-order valence-electron chi connectivity index (χ0n) is 15.3. The van der Waals surface area contributed by atoms with Crippen LogP contribution in [-0.2, 0) is 0 Å². The lowest BCUT2D eigenvalue weighted by Crippen LogP contribution is -2.13. The van der Waals surface area contributed by atoms with Gasteiger partial charge < -0.3 is 19.6 Å². The van der Waals surface area contributed by atoms with E-state index in [0.29, 0.717) is 28.5 Å². The summed E-state index contributed by atoms with van der Waals surface area (Å²) in [6.45, 7) is 2.35. The normalized spacial score (nSPS) is 10.8. The number of hydrogen-bond acceptors (Lipinski definition) is 6. The van der Waals surface area contributed by atoms with Crippen LogP contribution in [0.3, 0.4) is 0 Å². The number of fused-ring (bicyclic) bond motifs is 1. The Hall–Kier alpha value is -3.65. The Kier molecular flexibility index (Phi) is 5.01. The first-order valence-corrected chi connectivity index (χ1v) is 9.68. The van der Waals surface area contributed by atoms with Crippen molar-refractivity contribution < 1.29 is 23.8 Å². The van der Waals surface area contributed by atoms with Crippen LogP contribution in [0, 0.1) is 0 Å². The van der Waals surface area contributed by atoms with E-state index in [4.69, 9.17) is 9.15 Å². The SMILES string of the molecule is CCOc1ccc(-c2scc(NC(=O)c3cc4ccccc4o3)c2C(=O)O)cn1. The summed E-state index contributed by atoms with van der Waals surface area (Å²) >= 11 is 1.21. The number of ether oxygens (including phenoxy) is 1. The highest BCUT2D eigenvalue weighted by Crippen LogP contribution is 2.36. The average molecular weight is 408 g/mol. The van der Waals surface area contributed by atoms with Gasteiger partial charge in [-0.25, -0.2) is 9.78 Å². The topological polar surface area (TPSA) is 102 Å². The molecule has 4 aromatic rings. The molecule has 0 spiro atoms. The molecule has 0 bridgehead atoms. The molecule has 8 heteroatoms. The van der Waals surface area contributed by atoms with Gasteiger partial charge in [0.05, 0.1) is 17.2 Å². The fourth-order valence-electron chi connectivity index (χ4n) is 2.90. The standard InChI is InChI=1S/C21H16N2O5S/c1-2-27-17-8-7-13(10-22-17)19-18(21(25)26)14(11-29-19)23-20(24)16-9-12-5-3-4-6-15(12)28-16/h3-11H,2H2,1H3,(H,23,24)(H,25,26). The zero-order valence-corrected chi connectivity index (χ0v) is 16.2. The summed E-state index contributed by atoms with van der Waals surface area (Å²) in [4.78, 5) is 29.2. The number of aromatic carboxylic acids is 1. The summed E-state index contributed by atoms with van der Waals surface area (Å²) in [6, 6.07) is 12.3. The smallest absolute Gasteiger partial charge is 0.339 e. The van der Waals surface area contributed by atoms with Gasteiger partial charge >= 0.3 is 5.97 Å². The van der Waals surface area contributed by atoms with E-state index < -0.39 is 11.9 Å². The van der Waals surface area contributed by atoms with Gasteiger partial charge in [0, 0.05) is 28.6 Å². The van der Waals surface area contributed by atoms with E-state index in [0.717, 1.165) is 5.39 Å². The second-order valence-electron chi connectivity index (χ2n) is 6.08. The lowest BCUT2D eigenvalue weighted by atomic mass is 10.1. The van der Waals surface area contributed by atoms with Crippen molar-refractivity contribution in [3.63, 3.8) is 0 Å². The summed E-state index contributed by atoms with van der Waals surface area (Å²) in [7, 11) is 0. The molecule has 3 aromatic heterocycles. The van der Waals surface area contributed by atoms with Crippen LogP contribution in [0.2, 0.25) is 0 Å². The highest BCUT2D eigenvalue weighted by atomic mass is 32.1. The van der Waals surface area contributed by atoms with Crippen molar-refractivity contribution in [1.82, 2.24) is 4.98 Å². The lowest BCUT2D eigenvalue weighted by molar-refractivity contribution is 0.0699. The highest BCUT2D eigenvalue weighted by molar-refractivity contribution is 7.14. The third-order valence-electron chi connectivity index (χ3n) is 4.19. The van der Waals surface area contributed by atoms with Crippen molar-refractivity contribution in [2.24, 2.45) is 0 Å². The Morgan fingerprint density at radius 1 is 1.24 bits per heavy atom. The predicted molar refractivity (Wildman–Crippen MR) is 110 cm³/mol. The molecule has 1 aromatic carbocycles. The molecule has 4 rings (SSSR count). The molecular weight excluding hydrogens is 392 g/mol. The summed E-state index contributed by atoms with van der Waals surface area (Å²) in [5, 5.41) is 14.8. The van der Waals surface area contributed by atoms with Crippen molar-refractivity contribution in [3.8, 4) is 16.3 Å². The van der Waals surface area contributed by atoms with E-state index in [9.17, 15) is 14.7 Å². The van der Waals surface area contributed by atoms with Crippen molar-refractivity contribution in [2.75, 3.05) is 11.9 Å². The maximum atomic E-state index is 12.6. The zero-order chi connectivity index (χ0) is 20.4. The fourth-order valence-corrected chi connectivity index (χ4v) is 3.88. The number of rotatable bonds is 6. The number of carboxylic acids is 1. The van der Waals surface area contributed by atoms with Crippen LogP contribution in [0.15, 0.2) is 58.5 Å². The molecule has 0 saturated carbocycles. The van der Waals surface area contributed by atoms with E-state index in [1.54, 1.807) is 35.8 Å². The number of carbonyl (C=O) groups is 2. The van der Waals surface area contributed by atoms with Crippen molar-refractivity contribution in [2.45, 2.75) is 6.92 Å². The minimum Gasteiger partial charge on any atom is -0.478 e. The predicted octanol–water partition coefficient (Wildman–Crippen LogP) is 4.91. The van der Waals surface area contributed by atoms with Gasteiger partial charge in [-0.2, -0.15) is 0 Å². The summed E-state index contributed by atoms with van der Waals surface area (Å²) in [5.41, 5.74) is 1.42. The van der Waals surface area contributed by atoms with Gasteiger partial charge in [-0.05, 0) is 25.1 Å². The molecule has 1 amide bonds. The molecular formula is C21H16N2O5S. The van der Waals surface area contributed by atoms with Crippen molar-refractivity contribution in [3.05, 3.63) is 65.4 Å². The molecule has 146 valence electrons. The number of hydrogen-bond donors (Lipinski definition) is 2. The van der Waals surface area contributed by atoms with E-state index >= 15 is 0 Å². The van der Waals surface area contributed by atoms with Crippen LogP contribution in [0.1, 0.15) is 27.8 Å². The Labute approximate surface area is 169 Å². The number of carboxylic acid groups (broad SMARTS) is 1. The summed E-state index contributed by atoms with van der Waals surface area (Å²) < 4.78 is 10.9.